The lowest BCUT2D eigenvalue weighted by molar-refractivity contribution is 0.289. The molecule has 0 radical (unpaired) electrons. The molecular weight excluding hydrogens is 432 g/mol. The van der Waals surface area contributed by atoms with Crippen LogP contribution in [0, 0.1) is 18.6 Å². The van der Waals surface area contributed by atoms with Gasteiger partial charge in [0.2, 0.25) is 5.88 Å². The van der Waals surface area contributed by atoms with Gasteiger partial charge in [-0.3, -0.25) is 0 Å². The van der Waals surface area contributed by atoms with Gasteiger partial charge >= 0.3 is 0 Å². The van der Waals surface area contributed by atoms with Gasteiger partial charge in [0.25, 0.3) is 0 Å². The summed E-state index contributed by atoms with van der Waals surface area (Å²) >= 11 is 2.63. The van der Waals surface area contributed by atoms with Crippen LogP contribution in [0.5, 0.6) is 5.88 Å². The van der Waals surface area contributed by atoms with Gasteiger partial charge in [-0.1, -0.05) is 0 Å². The van der Waals surface area contributed by atoms with Gasteiger partial charge in [-0.25, -0.2) is 18.7 Å². The third-order valence-corrected chi connectivity index (χ3v) is 6.22. The maximum Gasteiger partial charge on any atom is 0.233 e. The number of aromatic amines is 1. The molecule has 0 saturated carbocycles. The lowest BCUT2D eigenvalue weighted by Crippen LogP contribution is -1.97. The Labute approximate surface area is 175 Å². The monoisotopic (exact) mass is 443 g/mol. The molecule has 0 aliphatic rings. The second-order valence-electron chi connectivity index (χ2n) is 6.15. The number of rotatable bonds is 5. The van der Waals surface area contributed by atoms with Crippen LogP contribution in [0.25, 0.3) is 32.2 Å². The van der Waals surface area contributed by atoms with Crippen molar-refractivity contribution in [2.75, 3.05) is 0 Å². The molecule has 0 unspecified atom stereocenters. The fraction of sp³-hybridized carbons (Fsp3) is 0.111. The molecule has 0 spiro atoms. The maximum atomic E-state index is 14.8. The number of fused-ring (bicyclic) bond motifs is 1. The fourth-order valence-electron chi connectivity index (χ4n) is 2.85. The standard InChI is InChI=1S/C18H11F2N7OS2/c1-8-17(30-13(22-8)6-28-12-3-2-4-21-24-12)11-7-29-18(23-11)9-5-10(19)15-16(14(9)20)26-27-25-15/h2-5,7H,6H2,1H3,(H,25,26,27). The van der Waals surface area contributed by atoms with E-state index in [0.29, 0.717) is 16.6 Å². The average Bonchev–Trinajstić information content (AvgIpc) is 3.49. The Bertz CT molecular complexity index is 1350. The molecule has 0 saturated heterocycles. The first-order valence-corrected chi connectivity index (χ1v) is 10.3. The minimum absolute atomic E-state index is 0.0403. The maximum absolute atomic E-state index is 14.8. The van der Waals surface area contributed by atoms with Crippen molar-refractivity contribution >= 4 is 33.7 Å². The van der Waals surface area contributed by atoms with Gasteiger partial charge in [-0.05, 0) is 19.1 Å². The number of hydrogen-bond donors (Lipinski definition) is 1. The molecule has 0 bridgehead atoms. The number of hydrogen-bond acceptors (Lipinski definition) is 9. The molecule has 8 nitrogen and oxygen atoms in total. The molecule has 4 aromatic heterocycles. The largest absolute Gasteiger partial charge is 0.469 e. The van der Waals surface area contributed by atoms with Crippen molar-refractivity contribution in [1.29, 1.82) is 0 Å². The van der Waals surface area contributed by atoms with Crippen LogP contribution in [-0.4, -0.2) is 35.6 Å². The van der Waals surface area contributed by atoms with E-state index < -0.39 is 11.6 Å². The van der Waals surface area contributed by atoms with E-state index in [0.717, 1.165) is 21.6 Å². The number of nitrogens with one attached hydrogen (secondary N) is 1. The highest BCUT2D eigenvalue weighted by Gasteiger charge is 2.20. The minimum Gasteiger partial charge on any atom is -0.469 e. The summed E-state index contributed by atoms with van der Waals surface area (Å²) in [6.45, 7) is 2.10. The number of benzene rings is 1. The normalized spacial score (nSPS) is 11.3. The first-order chi connectivity index (χ1) is 14.6. The van der Waals surface area contributed by atoms with Crippen LogP contribution in [-0.2, 0) is 6.61 Å². The summed E-state index contributed by atoms with van der Waals surface area (Å²) in [4.78, 5) is 9.83. The third-order valence-electron chi connectivity index (χ3n) is 4.19. The lowest BCUT2D eigenvalue weighted by Gasteiger charge is -2.00. The molecule has 0 aliphatic heterocycles. The van der Waals surface area contributed by atoms with Crippen molar-refractivity contribution in [1.82, 2.24) is 35.6 Å². The van der Waals surface area contributed by atoms with E-state index in [2.05, 4.69) is 35.6 Å². The third kappa shape index (κ3) is 3.29. The van der Waals surface area contributed by atoms with Crippen LogP contribution in [0.15, 0.2) is 29.8 Å². The summed E-state index contributed by atoms with van der Waals surface area (Å²) in [7, 11) is 0. The zero-order valence-electron chi connectivity index (χ0n) is 15.3. The number of ether oxygens (including phenoxy) is 1. The van der Waals surface area contributed by atoms with E-state index in [1.54, 1.807) is 23.7 Å². The van der Waals surface area contributed by atoms with Crippen molar-refractivity contribution in [2.24, 2.45) is 0 Å². The Hall–Kier alpha value is -3.38. The topological polar surface area (TPSA) is 102 Å². The van der Waals surface area contributed by atoms with Gasteiger partial charge in [-0.2, -0.15) is 20.5 Å². The van der Waals surface area contributed by atoms with Gasteiger partial charge in [0.1, 0.15) is 16.6 Å². The van der Waals surface area contributed by atoms with Gasteiger partial charge in [-0.15, -0.1) is 27.8 Å². The second-order valence-corrected chi connectivity index (χ2v) is 8.09. The van der Waals surface area contributed by atoms with Crippen LogP contribution in [0.1, 0.15) is 10.7 Å². The lowest BCUT2D eigenvalue weighted by atomic mass is 10.2. The van der Waals surface area contributed by atoms with Crippen molar-refractivity contribution < 1.29 is 13.5 Å². The fourth-order valence-corrected chi connectivity index (χ4v) is 4.68. The number of thiazole rings is 2. The molecule has 0 aliphatic carbocycles. The molecule has 0 atom stereocenters. The molecule has 1 aromatic carbocycles. The van der Waals surface area contributed by atoms with E-state index in [9.17, 15) is 8.78 Å². The van der Waals surface area contributed by atoms with Crippen molar-refractivity contribution in [3.63, 3.8) is 0 Å². The van der Waals surface area contributed by atoms with Crippen LogP contribution >= 0.6 is 22.7 Å². The molecular formula is C18H11F2N7OS2. The minimum atomic E-state index is -0.667. The van der Waals surface area contributed by atoms with Crippen molar-refractivity contribution in [3.05, 3.63) is 52.1 Å². The first-order valence-electron chi connectivity index (χ1n) is 8.61. The summed E-state index contributed by atoms with van der Waals surface area (Å²) in [5.41, 5.74) is 1.15. The van der Waals surface area contributed by atoms with Crippen LogP contribution in [0.4, 0.5) is 8.78 Å². The molecule has 5 aromatic rings. The van der Waals surface area contributed by atoms with Crippen LogP contribution in [0.3, 0.4) is 0 Å². The molecule has 0 amide bonds. The van der Waals surface area contributed by atoms with E-state index >= 15 is 0 Å². The zero-order chi connectivity index (χ0) is 20.7. The zero-order valence-corrected chi connectivity index (χ0v) is 16.9. The number of aryl methyl sites for hydroxylation is 1. The summed E-state index contributed by atoms with van der Waals surface area (Å²) in [6, 6.07) is 4.53. The highest BCUT2D eigenvalue weighted by Crippen LogP contribution is 2.36. The van der Waals surface area contributed by atoms with Crippen molar-refractivity contribution in [3.8, 4) is 27.0 Å². The van der Waals surface area contributed by atoms with Gasteiger partial charge in [0.15, 0.2) is 22.7 Å². The Morgan fingerprint density at radius 3 is 2.87 bits per heavy atom. The van der Waals surface area contributed by atoms with E-state index in [-0.39, 0.29) is 23.2 Å². The molecule has 0 fully saturated rings. The Morgan fingerprint density at radius 1 is 1.17 bits per heavy atom. The Morgan fingerprint density at radius 2 is 2.03 bits per heavy atom. The molecule has 5 rings (SSSR count). The van der Waals surface area contributed by atoms with Crippen molar-refractivity contribution in [2.45, 2.75) is 13.5 Å². The first kappa shape index (κ1) is 18.6. The van der Waals surface area contributed by atoms with Gasteiger partial charge in [0, 0.05) is 17.6 Å². The number of aromatic nitrogens is 7. The van der Waals surface area contributed by atoms with Gasteiger partial charge in [0.05, 0.1) is 21.8 Å². The van der Waals surface area contributed by atoms with Crippen LogP contribution < -0.4 is 4.74 Å². The molecule has 4 heterocycles. The quantitative estimate of drug-likeness (QED) is 0.435. The van der Waals surface area contributed by atoms with E-state index in [1.165, 1.54) is 22.7 Å². The summed E-state index contributed by atoms with van der Waals surface area (Å²) in [5.74, 6) is -0.923. The smallest absolute Gasteiger partial charge is 0.233 e. The predicted molar refractivity (Wildman–Crippen MR) is 107 cm³/mol. The predicted octanol–water partition coefficient (Wildman–Crippen LogP) is 4.16. The van der Waals surface area contributed by atoms with E-state index in [4.69, 9.17) is 4.74 Å². The molecule has 30 heavy (non-hydrogen) atoms. The number of halogens is 2. The SMILES string of the molecule is Cc1nc(COc2cccnn2)sc1-c1csc(-c2cc(F)c3n[nH]nc3c2F)n1. The molecule has 12 heteroatoms. The summed E-state index contributed by atoms with van der Waals surface area (Å²) < 4.78 is 34.6. The Balaban J connectivity index is 1.43. The second kappa shape index (κ2) is 7.46. The highest BCUT2D eigenvalue weighted by molar-refractivity contribution is 7.16. The Kier molecular flexibility index (Phi) is 4.64. The van der Waals surface area contributed by atoms with Gasteiger partial charge < -0.3 is 4.74 Å². The average molecular weight is 443 g/mol. The summed E-state index contributed by atoms with van der Waals surface area (Å²) in [6.07, 6.45) is 1.56. The number of H-pyrrole nitrogens is 1. The molecule has 150 valence electrons. The molecule has 1 N–H and O–H groups in total. The van der Waals surface area contributed by atoms with Crippen LogP contribution in [0.2, 0.25) is 0 Å². The highest BCUT2D eigenvalue weighted by atomic mass is 32.1. The number of nitrogens with zero attached hydrogens (tertiary/aromatic N) is 6. The van der Waals surface area contributed by atoms with E-state index in [1.807, 2.05) is 6.92 Å². The summed E-state index contributed by atoms with van der Waals surface area (Å²) in [5, 5.41) is 20.0.